The van der Waals surface area contributed by atoms with Crippen LogP contribution in [0.25, 0.3) is 0 Å². The highest BCUT2D eigenvalue weighted by Gasteiger charge is 2.16. The molecule has 0 bridgehead atoms. The number of hydrogen-bond donors (Lipinski definition) is 0. The van der Waals surface area contributed by atoms with Gasteiger partial charge in [0.2, 0.25) is 14.8 Å². The van der Waals surface area contributed by atoms with Gasteiger partial charge in [0.1, 0.15) is 5.75 Å². The van der Waals surface area contributed by atoms with Crippen molar-refractivity contribution in [1.29, 1.82) is 0 Å². The maximum absolute atomic E-state index is 11.0. The van der Waals surface area contributed by atoms with Gasteiger partial charge < -0.3 is 18.9 Å². The van der Waals surface area contributed by atoms with Crippen molar-refractivity contribution < 1.29 is 27.4 Å². The molecular weight excluding hydrogens is 320 g/mol. The fourth-order valence-corrected chi connectivity index (χ4v) is 3.19. The zero-order valence-electron chi connectivity index (χ0n) is 12.4. The molecule has 0 fully saturated rings. The van der Waals surface area contributed by atoms with Crippen LogP contribution in [0.3, 0.4) is 0 Å². The van der Waals surface area contributed by atoms with Crippen LogP contribution < -0.4 is 18.9 Å². The average molecular weight is 339 g/mol. The summed E-state index contributed by atoms with van der Waals surface area (Å²) in [6.45, 7) is 1.93. The maximum atomic E-state index is 11.0. The Kier molecular flexibility index (Phi) is 6.42. The van der Waals surface area contributed by atoms with Crippen LogP contribution in [-0.2, 0) is 9.05 Å². The summed E-state index contributed by atoms with van der Waals surface area (Å²) in [5, 5.41) is 0. The van der Waals surface area contributed by atoms with Crippen molar-refractivity contribution in [3.63, 3.8) is 0 Å². The Morgan fingerprint density at radius 3 is 2.00 bits per heavy atom. The molecule has 0 aliphatic rings. The summed E-state index contributed by atoms with van der Waals surface area (Å²) in [4.78, 5) is 0. The standard InChI is InChI=1S/C13H19ClO6S/c1-9(8-21(14,15)16)7-20-10-5-11(17-2)13(19-4)12(6-10)18-3/h5-6,9H,7-8H2,1-4H3. The Labute approximate surface area is 129 Å². The van der Waals surface area contributed by atoms with Gasteiger partial charge in [0.25, 0.3) is 0 Å². The largest absolute Gasteiger partial charge is 0.493 e. The molecule has 0 aliphatic heterocycles. The van der Waals surface area contributed by atoms with E-state index in [2.05, 4.69) is 0 Å². The molecule has 1 atom stereocenters. The predicted octanol–water partition coefficient (Wildman–Crippen LogP) is 2.30. The van der Waals surface area contributed by atoms with Gasteiger partial charge >= 0.3 is 0 Å². The molecule has 0 saturated carbocycles. The molecule has 21 heavy (non-hydrogen) atoms. The highest BCUT2D eigenvalue weighted by Crippen LogP contribution is 2.40. The number of halogens is 1. The average Bonchev–Trinajstić information content (AvgIpc) is 2.41. The second-order valence-corrected chi connectivity index (χ2v) is 7.30. The number of ether oxygens (including phenoxy) is 4. The smallest absolute Gasteiger partial charge is 0.232 e. The van der Waals surface area contributed by atoms with Crippen molar-refractivity contribution in [1.82, 2.24) is 0 Å². The zero-order valence-corrected chi connectivity index (χ0v) is 14.0. The first-order valence-corrected chi connectivity index (χ1v) is 8.63. The van der Waals surface area contributed by atoms with Crippen LogP contribution >= 0.6 is 10.7 Å². The normalized spacial score (nSPS) is 12.6. The third kappa shape index (κ3) is 5.51. The molecule has 0 spiro atoms. The fourth-order valence-electron chi connectivity index (χ4n) is 1.77. The number of benzene rings is 1. The SMILES string of the molecule is COc1cc(OCC(C)CS(=O)(=O)Cl)cc(OC)c1OC. The van der Waals surface area contributed by atoms with Crippen molar-refractivity contribution >= 4 is 19.7 Å². The van der Waals surface area contributed by atoms with Crippen molar-refractivity contribution in [2.75, 3.05) is 33.7 Å². The molecule has 0 aromatic heterocycles. The summed E-state index contributed by atoms with van der Waals surface area (Å²) < 4.78 is 43.2. The highest BCUT2D eigenvalue weighted by atomic mass is 35.7. The third-order valence-corrected chi connectivity index (χ3v) is 4.00. The Bertz CT molecular complexity index is 547. The first kappa shape index (κ1) is 17.7. The molecule has 1 aromatic carbocycles. The minimum absolute atomic E-state index is 0.154. The van der Waals surface area contributed by atoms with E-state index in [-0.39, 0.29) is 18.3 Å². The molecule has 120 valence electrons. The molecular formula is C13H19ClO6S. The summed E-state index contributed by atoms with van der Waals surface area (Å²) in [5.41, 5.74) is 0. The number of rotatable bonds is 8. The highest BCUT2D eigenvalue weighted by molar-refractivity contribution is 8.13. The lowest BCUT2D eigenvalue weighted by molar-refractivity contribution is 0.265. The van der Waals surface area contributed by atoms with Crippen LogP contribution in [-0.4, -0.2) is 42.1 Å². The zero-order chi connectivity index (χ0) is 16.0. The van der Waals surface area contributed by atoms with Gasteiger partial charge in [-0.1, -0.05) is 6.92 Å². The molecule has 0 aliphatic carbocycles. The lowest BCUT2D eigenvalue weighted by Gasteiger charge is -2.16. The first-order valence-electron chi connectivity index (χ1n) is 6.15. The van der Waals surface area contributed by atoms with E-state index in [9.17, 15) is 8.42 Å². The summed E-state index contributed by atoms with van der Waals surface area (Å²) in [6, 6.07) is 3.28. The predicted molar refractivity (Wildman–Crippen MR) is 80.4 cm³/mol. The summed E-state index contributed by atoms with van der Waals surface area (Å²) in [7, 11) is 6.18. The van der Waals surface area contributed by atoms with E-state index in [1.54, 1.807) is 19.1 Å². The van der Waals surface area contributed by atoms with Crippen LogP contribution in [0.5, 0.6) is 23.0 Å². The van der Waals surface area contributed by atoms with Gasteiger partial charge in [0.05, 0.1) is 33.7 Å². The van der Waals surface area contributed by atoms with E-state index in [1.807, 2.05) is 0 Å². The van der Waals surface area contributed by atoms with Crippen LogP contribution in [0.1, 0.15) is 6.92 Å². The van der Waals surface area contributed by atoms with E-state index in [4.69, 9.17) is 29.6 Å². The Morgan fingerprint density at radius 2 is 1.62 bits per heavy atom. The van der Waals surface area contributed by atoms with E-state index in [0.29, 0.717) is 23.0 Å². The molecule has 0 N–H and O–H groups in total. The van der Waals surface area contributed by atoms with E-state index < -0.39 is 9.05 Å². The van der Waals surface area contributed by atoms with Gasteiger partial charge in [-0.3, -0.25) is 0 Å². The molecule has 0 heterocycles. The van der Waals surface area contributed by atoms with Crippen molar-refractivity contribution in [3.8, 4) is 23.0 Å². The Morgan fingerprint density at radius 1 is 1.10 bits per heavy atom. The minimum Gasteiger partial charge on any atom is -0.493 e. The first-order chi connectivity index (χ1) is 9.80. The van der Waals surface area contributed by atoms with E-state index >= 15 is 0 Å². The third-order valence-electron chi connectivity index (χ3n) is 2.66. The van der Waals surface area contributed by atoms with E-state index in [0.717, 1.165) is 0 Å². The van der Waals surface area contributed by atoms with Crippen molar-refractivity contribution in [2.24, 2.45) is 5.92 Å². The molecule has 1 aromatic rings. The van der Waals surface area contributed by atoms with Gasteiger partial charge in [-0.2, -0.15) is 0 Å². The second kappa shape index (κ2) is 7.61. The number of methoxy groups -OCH3 is 3. The lowest BCUT2D eigenvalue weighted by atomic mass is 10.2. The van der Waals surface area contributed by atoms with Gasteiger partial charge in [-0.25, -0.2) is 8.42 Å². The maximum Gasteiger partial charge on any atom is 0.232 e. The fraction of sp³-hybridized carbons (Fsp3) is 0.538. The van der Waals surface area contributed by atoms with Crippen LogP contribution in [0, 0.1) is 5.92 Å². The summed E-state index contributed by atoms with van der Waals surface area (Å²) in [6.07, 6.45) is 0. The monoisotopic (exact) mass is 338 g/mol. The van der Waals surface area contributed by atoms with Crippen LogP contribution in [0.4, 0.5) is 0 Å². The van der Waals surface area contributed by atoms with Crippen LogP contribution in [0.2, 0.25) is 0 Å². The van der Waals surface area contributed by atoms with Crippen LogP contribution in [0.15, 0.2) is 12.1 Å². The molecule has 0 amide bonds. The van der Waals surface area contributed by atoms with Gasteiger partial charge in [0, 0.05) is 28.7 Å². The van der Waals surface area contributed by atoms with Gasteiger partial charge in [-0.05, 0) is 0 Å². The van der Waals surface area contributed by atoms with Gasteiger partial charge in [-0.15, -0.1) is 0 Å². The Balaban J connectivity index is 2.84. The van der Waals surface area contributed by atoms with E-state index in [1.165, 1.54) is 21.3 Å². The molecule has 1 unspecified atom stereocenters. The molecule has 6 nitrogen and oxygen atoms in total. The van der Waals surface area contributed by atoms with Crippen molar-refractivity contribution in [3.05, 3.63) is 12.1 Å². The second-order valence-electron chi connectivity index (χ2n) is 4.48. The molecule has 0 saturated heterocycles. The molecule has 1 rings (SSSR count). The Hall–Kier alpha value is -1.34. The molecule has 8 heteroatoms. The topological polar surface area (TPSA) is 71.1 Å². The van der Waals surface area contributed by atoms with Crippen molar-refractivity contribution in [2.45, 2.75) is 6.92 Å². The summed E-state index contributed by atoms with van der Waals surface area (Å²) >= 11 is 0. The number of hydrogen-bond acceptors (Lipinski definition) is 6. The molecule has 0 radical (unpaired) electrons. The van der Waals surface area contributed by atoms with Gasteiger partial charge in [0.15, 0.2) is 11.5 Å². The minimum atomic E-state index is -3.54. The summed E-state index contributed by atoms with van der Waals surface area (Å²) in [5.74, 6) is 1.48. The quantitative estimate of drug-likeness (QED) is 0.677. The lowest BCUT2D eigenvalue weighted by Crippen LogP contribution is -2.16.